The third kappa shape index (κ3) is 3.56. The predicted molar refractivity (Wildman–Crippen MR) is 107 cm³/mol. The van der Waals surface area contributed by atoms with Crippen LogP contribution in [0.2, 0.25) is 0 Å². The molecule has 5 nitrogen and oxygen atoms in total. The van der Waals surface area contributed by atoms with E-state index in [1.807, 2.05) is 6.07 Å². The monoisotopic (exact) mass is 413 g/mol. The van der Waals surface area contributed by atoms with Crippen molar-refractivity contribution >= 4 is 23.2 Å². The molecule has 1 aromatic heterocycles. The molecular formula is C22H18F3N3O2. The van der Waals surface area contributed by atoms with Crippen LogP contribution in [0.3, 0.4) is 0 Å². The average molecular weight is 413 g/mol. The Morgan fingerprint density at radius 1 is 1.10 bits per heavy atom. The number of rotatable bonds is 3. The molecule has 3 aromatic rings. The van der Waals surface area contributed by atoms with Crippen molar-refractivity contribution in [1.29, 1.82) is 0 Å². The number of urea groups is 1. The summed E-state index contributed by atoms with van der Waals surface area (Å²) in [6.07, 6.45) is -2.61. The normalized spacial score (nSPS) is 13.1. The molecule has 8 heteroatoms. The number of methoxy groups -OCH3 is 1. The number of benzene rings is 2. The van der Waals surface area contributed by atoms with Crippen molar-refractivity contribution in [2.75, 3.05) is 23.5 Å². The number of fused-ring (bicyclic) bond motifs is 1. The highest BCUT2D eigenvalue weighted by atomic mass is 19.4. The number of anilines is 3. The zero-order valence-corrected chi connectivity index (χ0v) is 16.1. The van der Waals surface area contributed by atoms with Gasteiger partial charge >= 0.3 is 12.2 Å². The number of amides is 2. The van der Waals surface area contributed by atoms with Crippen LogP contribution in [0.5, 0.6) is 5.75 Å². The maximum atomic E-state index is 13.5. The van der Waals surface area contributed by atoms with E-state index in [1.54, 1.807) is 48.7 Å². The topological polar surface area (TPSA) is 45.7 Å². The summed E-state index contributed by atoms with van der Waals surface area (Å²) >= 11 is 0. The van der Waals surface area contributed by atoms with Crippen LogP contribution in [0.15, 0.2) is 66.9 Å². The molecular weight excluding hydrogens is 395 g/mol. The zero-order chi connectivity index (χ0) is 21.3. The first-order valence-electron chi connectivity index (χ1n) is 9.26. The molecule has 2 aromatic carbocycles. The van der Waals surface area contributed by atoms with E-state index in [0.717, 1.165) is 6.07 Å². The summed E-state index contributed by atoms with van der Waals surface area (Å²) in [6.45, 7) is 0.259. The summed E-state index contributed by atoms with van der Waals surface area (Å²) in [5.41, 5.74) is 0.513. The average Bonchev–Trinajstić information content (AvgIpc) is 3.17. The Bertz CT molecular complexity index is 1020. The SMILES string of the molecule is COc1cc2c(cc1C(F)(F)F)N(C(=O)N(c1ccccc1)c1ccccn1)CC2. The minimum atomic E-state index is -4.60. The van der Waals surface area contributed by atoms with Crippen molar-refractivity contribution in [3.63, 3.8) is 0 Å². The van der Waals surface area contributed by atoms with E-state index < -0.39 is 17.8 Å². The number of alkyl halides is 3. The zero-order valence-electron chi connectivity index (χ0n) is 16.1. The number of hydrogen-bond acceptors (Lipinski definition) is 3. The minimum absolute atomic E-state index is 0.227. The van der Waals surface area contributed by atoms with Crippen LogP contribution < -0.4 is 14.5 Å². The predicted octanol–water partition coefficient (Wildman–Crippen LogP) is 5.43. The molecule has 1 aliphatic rings. The van der Waals surface area contributed by atoms with Gasteiger partial charge in [-0.1, -0.05) is 24.3 Å². The summed E-state index contributed by atoms with van der Waals surface area (Å²) in [6, 6.07) is 15.9. The quantitative estimate of drug-likeness (QED) is 0.575. The summed E-state index contributed by atoms with van der Waals surface area (Å²) in [5, 5.41) is 0. The molecule has 0 saturated heterocycles. The van der Waals surface area contributed by atoms with Crippen LogP contribution in [-0.4, -0.2) is 24.7 Å². The second-order valence-electron chi connectivity index (χ2n) is 6.72. The molecule has 2 heterocycles. The van der Waals surface area contributed by atoms with Crippen LogP contribution in [-0.2, 0) is 12.6 Å². The van der Waals surface area contributed by atoms with Crippen molar-refractivity contribution in [2.45, 2.75) is 12.6 Å². The standard InChI is InChI=1S/C22H18F3N3O2/c1-30-19-13-15-10-12-27(18(15)14-17(19)22(23,24)25)21(29)28(16-7-3-2-4-8-16)20-9-5-6-11-26-20/h2-9,11,13-14H,10,12H2,1H3. The second-order valence-corrected chi connectivity index (χ2v) is 6.72. The van der Waals surface area contributed by atoms with E-state index in [9.17, 15) is 18.0 Å². The molecule has 1 aliphatic heterocycles. The van der Waals surface area contributed by atoms with E-state index in [-0.39, 0.29) is 18.0 Å². The second kappa shape index (κ2) is 7.70. The van der Waals surface area contributed by atoms with E-state index in [1.165, 1.54) is 23.0 Å². The maximum absolute atomic E-state index is 13.5. The molecule has 4 rings (SSSR count). The number of hydrogen-bond donors (Lipinski definition) is 0. The van der Waals surface area contributed by atoms with Crippen molar-refractivity contribution < 1.29 is 22.7 Å². The number of para-hydroxylation sites is 1. The van der Waals surface area contributed by atoms with Crippen LogP contribution in [0.25, 0.3) is 0 Å². The Labute approximate surface area is 171 Å². The van der Waals surface area contributed by atoms with Crippen molar-refractivity contribution in [1.82, 2.24) is 4.98 Å². The van der Waals surface area contributed by atoms with Crippen molar-refractivity contribution in [2.24, 2.45) is 0 Å². The van der Waals surface area contributed by atoms with Crippen LogP contribution in [0, 0.1) is 0 Å². The largest absolute Gasteiger partial charge is 0.496 e. The number of ether oxygens (including phenoxy) is 1. The van der Waals surface area contributed by atoms with Gasteiger partial charge in [0.25, 0.3) is 0 Å². The molecule has 0 unspecified atom stereocenters. The van der Waals surface area contributed by atoms with Gasteiger partial charge in [0.15, 0.2) is 0 Å². The molecule has 0 fully saturated rings. The fraction of sp³-hybridized carbons (Fsp3) is 0.182. The summed E-state index contributed by atoms with van der Waals surface area (Å²) in [7, 11) is 1.20. The first-order valence-corrected chi connectivity index (χ1v) is 9.26. The van der Waals surface area contributed by atoms with Crippen molar-refractivity contribution in [3.05, 3.63) is 78.0 Å². The number of aromatic nitrogens is 1. The lowest BCUT2D eigenvalue weighted by Crippen LogP contribution is -2.40. The van der Waals surface area contributed by atoms with Crippen molar-refractivity contribution in [3.8, 4) is 5.75 Å². The van der Waals surface area contributed by atoms with Gasteiger partial charge in [0.1, 0.15) is 11.6 Å². The van der Waals surface area contributed by atoms with Crippen LogP contribution >= 0.6 is 0 Å². The fourth-order valence-electron chi connectivity index (χ4n) is 3.53. The number of halogens is 3. The number of nitrogens with zero attached hydrogens (tertiary/aromatic N) is 3. The van der Waals surface area contributed by atoms with Gasteiger partial charge in [-0.15, -0.1) is 0 Å². The molecule has 0 aliphatic carbocycles. The highest BCUT2D eigenvalue weighted by Crippen LogP contribution is 2.43. The Morgan fingerprint density at radius 2 is 1.83 bits per heavy atom. The minimum Gasteiger partial charge on any atom is -0.496 e. The molecule has 0 bridgehead atoms. The van der Waals surface area contributed by atoms with Gasteiger partial charge in [-0.2, -0.15) is 13.2 Å². The highest BCUT2D eigenvalue weighted by molar-refractivity contribution is 6.09. The first kappa shape index (κ1) is 19.8. The molecule has 0 saturated carbocycles. The lowest BCUT2D eigenvalue weighted by molar-refractivity contribution is -0.138. The van der Waals surface area contributed by atoms with Gasteiger partial charge < -0.3 is 4.74 Å². The number of carbonyl (C=O) groups excluding carboxylic acids is 1. The van der Waals surface area contributed by atoms with Gasteiger partial charge in [-0.3, -0.25) is 4.90 Å². The van der Waals surface area contributed by atoms with Gasteiger partial charge in [0, 0.05) is 18.4 Å². The summed E-state index contributed by atoms with van der Waals surface area (Å²) < 4.78 is 45.5. The Balaban J connectivity index is 1.79. The maximum Gasteiger partial charge on any atom is 0.420 e. The molecule has 0 N–H and O–H groups in total. The molecule has 154 valence electrons. The summed E-state index contributed by atoms with van der Waals surface area (Å²) in [4.78, 5) is 20.5. The lowest BCUT2D eigenvalue weighted by Gasteiger charge is -2.28. The van der Waals surface area contributed by atoms with Crippen LogP contribution in [0.4, 0.5) is 35.2 Å². The van der Waals surface area contributed by atoms with Gasteiger partial charge in [-0.25, -0.2) is 14.7 Å². The molecule has 30 heavy (non-hydrogen) atoms. The van der Waals surface area contributed by atoms with E-state index in [0.29, 0.717) is 23.5 Å². The third-order valence-electron chi connectivity index (χ3n) is 4.92. The summed E-state index contributed by atoms with van der Waals surface area (Å²) in [5.74, 6) is 0.131. The third-order valence-corrected chi connectivity index (χ3v) is 4.92. The first-order chi connectivity index (χ1) is 14.4. The van der Waals surface area contributed by atoms with Gasteiger partial charge in [-0.05, 0) is 48.4 Å². The van der Waals surface area contributed by atoms with Crippen LogP contribution in [0.1, 0.15) is 11.1 Å². The fourth-order valence-corrected chi connectivity index (χ4v) is 3.53. The Kier molecular flexibility index (Phi) is 5.07. The smallest absolute Gasteiger partial charge is 0.420 e. The molecule has 0 spiro atoms. The molecule has 0 radical (unpaired) electrons. The molecule has 0 atom stereocenters. The number of carbonyl (C=O) groups is 1. The van der Waals surface area contributed by atoms with E-state index in [4.69, 9.17) is 4.74 Å². The van der Waals surface area contributed by atoms with Gasteiger partial charge in [0.05, 0.1) is 18.4 Å². The van der Waals surface area contributed by atoms with E-state index >= 15 is 0 Å². The van der Waals surface area contributed by atoms with E-state index in [2.05, 4.69) is 4.98 Å². The highest BCUT2D eigenvalue weighted by Gasteiger charge is 2.38. The number of pyridine rings is 1. The molecule has 2 amide bonds. The van der Waals surface area contributed by atoms with Gasteiger partial charge in [0.2, 0.25) is 0 Å². The lowest BCUT2D eigenvalue weighted by atomic mass is 10.1. The Morgan fingerprint density at radius 3 is 2.47 bits per heavy atom. The Hall–Kier alpha value is -3.55.